The first-order valence-corrected chi connectivity index (χ1v) is 5.91. The van der Waals surface area contributed by atoms with E-state index in [0.29, 0.717) is 0 Å². The Balaban J connectivity index is 0.000000354. The van der Waals surface area contributed by atoms with Gasteiger partial charge >= 0.3 is 0 Å². The van der Waals surface area contributed by atoms with E-state index in [9.17, 15) is 0 Å². The van der Waals surface area contributed by atoms with E-state index < -0.39 is 0 Å². The Morgan fingerprint density at radius 1 is 1.25 bits per heavy atom. The van der Waals surface area contributed by atoms with Crippen molar-refractivity contribution in [1.82, 2.24) is 0 Å². The standard InChI is InChI=1S/C8H10S.C2H5I/c1-6-3-4-8(9)5-7(6)2;1-2-3/h3-5,9H,1-2H3;2H2,1H3. The van der Waals surface area contributed by atoms with Crippen molar-refractivity contribution in [2.45, 2.75) is 25.7 Å². The van der Waals surface area contributed by atoms with Gasteiger partial charge in [-0.2, -0.15) is 0 Å². The molecule has 12 heavy (non-hydrogen) atoms. The molecule has 2 heteroatoms. The number of hydrogen-bond donors (Lipinski definition) is 1. The second kappa shape index (κ2) is 6.78. The number of aryl methyl sites for hydroxylation is 2. The first-order chi connectivity index (χ1) is 5.61. The molecule has 0 aromatic heterocycles. The molecule has 0 heterocycles. The molecule has 0 saturated heterocycles. The van der Waals surface area contributed by atoms with Crippen LogP contribution in [0.1, 0.15) is 18.1 Å². The van der Waals surface area contributed by atoms with E-state index in [1.54, 1.807) is 0 Å². The van der Waals surface area contributed by atoms with Gasteiger partial charge in [0.25, 0.3) is 0 Å². The van der Waals surface area contributed by atoms with Gasteiger partial charge in [-0.05, 0) is 41.5 Å². The fourth-order valence-electron chi connectivity index (χ4n) is 0.726. The minimum atomic E-state index is 1.04. The van der Waals surface area contributed by atoms with Crippen molar-refractivity contribution in [1.29, 1.82) is 0 Å². The van der Waals surface area contributed by atoms with Crippen molar-refractivity contribution >= 4 is 35.2 Å². The minimum absolute atomic E-state index is 1.04. The molecule has 0 saturated carbocycles. The molecule has 0 N–H and O–H groups in total. The van der Waals surface area contributed by atoms with Crippen LogP contribution >= 0.6 is 35.2 Å². The lowest BCUT2D eigenvalue weighted by molar-refractivity contribution is 1.28. The highest BCUT2D eigenvalue weighted by Crippen LogP contribution is 2.11. The average Bonchev–Trinajstić information content (AvgIpc) is 1.99. The van der Waals surface area contributed by atoms with Crippen LogP contribution in [-0.2, 0) is 0 Å². The van der Waals surface area contributed by atoms with Crippen LogP contribution in [0.2, 0.25) is 0 Å². The number of hydrogen-bond acceptors (Lipinski definition) is 1. The second-order valence-corrected chi connectivity index (χ2v) is 4.58. The summed E-state index contributed by atoms with van der Waals surface area (Å²) in [6, 6.07) is 6.15. The van der Waals surface area contributed by atoms with Gasteiger partial charge in [-0.3, -0.25) is 0 Å². The molecule has 0 bridgehead atoms. The normalized spacial score (nSPS) is 8.75. The van der Waals surface area contributed by atoms with Crippen LogP contribution < -0.4 is 0 Å². The van der Waals surface area contributed by atoms with E-state index in [-0.39, 0.29) is 0 Å². The van der Waals surface area contributed by atoms with Gasteiger partial charge < -0.3 is 0 Å². The summed E-state index contributed by atoms with van der Waals surface area (Å²) in [5, 5.41) is 0. The average molecular weight is 294 g/mol. The molecular formula is C10H15IS. The molecule has 0 aliphatic heterocycles. The highest BCUT2D eigenvalue weighted by Gasteiger charge is 1.89. The maximum atomic E-state index is 4.20. The lowest BCUT2D eigenvalue weighted by atomic mass is 10.1. The Bertz CT molecular complexity index is 233. The summed E-state index contributed by atoms with van der Waals surface area (Å²) in [5.74, 6) is 0. The molecule has 1 aromatic rings. The van der Waals surface area contributed by atoms with Crippen LogP contribution in [0.15, 0.2) is 23.1 Å². The Kier molecular flexibility index (Phi) is 6.95. The van der Waals surface area contributed by atoms with Crippen molar-refractivity contribution < 1.29 is 0 Å². The van der Waals surface area contributed by atoms with Gasteiger partial charge in [0.1, 0.15) is 0 Å². The smallest absolute Gasteiger partial charge is 0.00428 e. The fourth-order valence-corrected chi connectivity index (χ4v) is 0.994. The zero-order chi connectivity index (χ0) is 9.56. The van der Waals surface area contributed by atoms with Gasteiger partial charge in [0.2, 0.25) is 0 Å². The summed E-state index contributed by atoms with van der Waals surface area (Å²) in [7, 11) is 0. The summed E-state index contributed by atoms with van der Waals surface area (Å²) < 4.78 is 1.22. The summed E-state index contributed by atoms with van der Waals surface area (Å²) in [6.45, 7) is 6.30. The van der Waals surface area contributed by atoms with Crippen molar-refractivity contribution in [2.75, 3.05) is 4.43 Å². The van der Waals surface area contributed by atoms with E-state index in [1.165, 1.54) is 15.6 Å². The molecule has 0 nitrogen and oxygen atoms in total. The van der Waals surface area contributed by atoms with Crippen LogP contribution in [0.5, 0.6) is 0 Å². The highest BCUT2D eigenvalue weighted by molar-refractivity contribution is 14.1. The van der Waals surface area contributed by atoms with E-state index >= 15 is 0 Å². The van der Waals surface area contributed by atoms with Crippen LogP contribution in [0.4, 0.5) is 0 Å². The number of benzene rings is 1. The summed E-state index contributed by atoms with van der Waals surface area (Å²) in [5.41, 5.74) is 2.63. The minimum Gasteiger partial charge on any atom is -0.143 e. The predicted molar refractivity (Wildman–Crippen MR) is 67.7 cm³/mol. The Morgan fingerprint density at radius 3 is 2.08 bits per heavy atom. The van der Waals surface area contributed by atoms with Crippen LogP contribution in [-0.4, -0.2) is 4.43 Å². The zero-order valence-corrected chi connectivity index (χ0v) is 10.8. The number of rotatable bonds is 0. The Hall–Kier alpha value is 0.300. The molecule has 0 amide bonds. The molecule has 0 radical (unpaired) electrons. The van der Waals surface area contributed by atoms with E-state index in [0.717, 1.165) is 4.90 Å². The molecule has 1 aromatic carbocycles. The maximum absolute atomic E-state index is 4.20. The summed E-state index contributed by atoms with van der Waals surface area (Å²) in [6.07, 6.45) is 0. The van der Waals surface area contributed by atoms with Gasteiger partial charge in [0.05, 0.1) is 0 Å². The lowest BCUT2D eigenvalue weighted by Crippen LogP contribution is -1.77. The SMILES string of the molecule is CCI.Cc1ccc(S)cc1C. The molecule has 68 valence electrons. The molecular weight excluding hydrogens is 279 g/mol. The van der Waals surface area contributed by atoms with Crippen LogP contribution in [0.25, 0.3) is 0 Å². The number of halogens is 1. The van der Waals surface area contributed by atoms with E-state index in [4.69, 9.17) is 0 Å². The third-order valence-electron chi connectivity index (χ3n) is 1.49. The topological polar surface area (TPSA) is 0 Å². The fraction of sp³-hybridized carbons (Fsp3) is 0.400. The zero-order valence-electron chi connectivity index (χ0n) is 7.76. The molecule has 0 aliphatic carbocycles. The highest BCUT2D eigenvalue weighted by atomic mass is 127. The lowest BCUT2D eigenvalue weighted by Gasteiger charge is -1.97. The predicted octanol–water partition coefficient (Wildman–Crippen LogP) is 4.03. The Labute approximate surface area is 94.3 Å². The first kappa shape index (κ1) is 12.3. The molecule has 0 spiro atoms. The largest absolute Gasteiger partial charge is 0.143 e. The van der Waals surface area contributed by atoms with Crippen molar-refractivity contribution in [3.05, 3.63) is 29.3 Å². The monoisotopic (exact) mass is 294 g/mol. The molecule has 0 unspecified atom stereocenters. The number of thiol groups is 1. The third kappa shape index (κ3) is 5.04. The molecule has 0 fully saturated rings. The second-order valence-electron chi connectivity index (χ2n) is 2.54. The van der Waals surface area contributed by atoms with Crippen molar-refractivity contribution in [3.8, 4) is 0 Å². The van der Waals surface area contributed by atoms with Crippen molar-refractivity contribution in [3.63, 3.8) is 0 Å². The van der Waals surface area contributed by atoms with Crippen LogP contribution in [0, 0.1) is 13.8 Å². The van der Waals surface area contributed by atoms with Gasteiger partial charge in [-0.15, -0.1) is 12.6 Å². The maximum Gasteiger partial charge on any atom is 0.00428 e. The Morgan fingerprint density at radius 2 is 1.75 bits per heavy atom. The van der Waals surface area contributed by atoms with Gasteiger partial charge in [-0.1, -0.05) is 35.6 Å². The van der Waals surface area contributed by atoms with Crippen molar-refractivity contribution in [2.24, 2.45) is 0 Å². The van der Waals surface area contributed by atoms with E-state index in [1.807, 2.05) is 6.07 Å². The molecule has 0 aliphatic rings. The number of alkyl halides is 1. The molecule has 0 atom stereocenters. The van der Waals surface area contributed by atoms with Crippen LogP contribution in [0.3, 0.4) is 0 Å². The summed E-state index contributed by atoms with van der Waals surface area (Å²) in [4.78, 5) is 1.04. The van der Waals surface area contributed by atoms with Gasteiger partial charge in [0.15, 0.2) is 0 Å². The summed E-state index contributed by atoms with van der Waals surface area (Å²) >= 11 is 6.49. The molecule has 1 rings (SSSR count). The quantitative estimate of drug-likeness (QED) is 0.417. The van der Waals surface area contributed by atoms with Gasteiger partial charge in [-0.25, -0.2) is 0 Å². The third-order valence-corrected chi connectivity index (χ3v) is 1.77. The first-order valence-electron chi connectivity index (χ1n) is 3.94. The van der Waals surface area contributed by atoms with Gasteiger partial charge in [0, 0.05) is 4.90 Å². The van der Waals surface area contributed by atoms with E-state index in [2.05, 4.69) is 68.1 Å².